The molecule has 3 atom stereocenters. The number of hydrogen-bond donors (Lipinski definition) is 2. The van der Waals surface area contributed by atoms with Gasteiger partial charge in [0.2, 0.25) is 0 Å². The van der Waals surface area contributed by atoms with Crippen molar-refractivity contribution < 1.29 is 0 Å². The van der Waals surface area contributed by atoms with E-state index in [4.69, 9.17) is 5.84 Å². The van der Waals surface area contributed by atoms with Crippen LogP contribution in [0, 0.1) is 17.8 Å². The van der Waals surface area contributed by atoms with Crippen molar-refractivity contribution in [3.63, 3.8) is 0 Å². The first-order chi connectivity index (χ1) is 8.61. The summed E-state index contributed by atoms with van der Waals surface area (Å²) >= 11 is 3.62. The summed E-state index contributed by atoms with van der Waals surface area (Å²) < 4.78 is 3.15. The third-order valence-electron chi connectivity index (χ3n) is 4.50. The van der Waals surface area contributed by atoms with Crippen LogP contribution in [0.4, 0.5) is 0 Å². The predicted octanol–water partition coefficient (Wildman–Crippen LogP) is 2.78. The molecule has 2 fully saturated rings. The van der Waals surface area contributed by atoms with Crippen LogP contribution >= 0.6 is 15.9 Å². The van der Waals surface area contributed by atoms with Gasteiger partial charge < -0.3 is 0 Å². The summed E-state index contributed by atoms with van der Waals surface area (Å²) in [4.78, 5) is 0. The second-order valence-electron chi connectivity index (χ2n) is 6.05. The van der Waals surface area contributed by atoms with E-state index in [0.29, 0.717) is 12.0 Å². The molecule has 5 heteroatoms. The molecule has 2 saturated carbocycles. The van der Waals surface area contributed by atoms with Gasteiger partial charge in [0.1, 0.15) is 0 Å². The van der Waals surface area contributed by atoms with Crippen LogP contribution in [0.15, 0.2) is 10.7 Å². The highest BCUT2D eigenvalue weighted by Gasteiger charge is 2.48. The summed E-state index contributed by atoms with van der Waals surface area (Å²) in [6.07, 6.45) is 5.96. The highest BCUT2D eigenvalue weighted by Crippen LogP contribution is 2.57. The van der Waals surface area contributed by atoms with E-state index in [2.05, 4.69) is 45.0 Å². The van der Waals surface area contributed by atoms with Gasteiger partial charge in [0.25, 0.3) is 0 Å². The summed E-state index contributed by atoms with van der Waals surface area (Å²) in [7, 11) is 0. The van der Waals surface area contributed by atoms with Gasteiger partial charge in [-0.05, 0) is 66.8 Å². The molecule has 3 N–H and O–H groups in total. The molecular weight excluding hydrogens is 292 g/mol. The van der Waals surface area contributed by atoms with Crippen LogP contribution in [0.5, 0.6) is 0 Å². The topological polar surface area (TPSA) is 55.9 Å². The van der Waals surface area contributed by atoms with E-state index in [1.54, 1.807) is 0 Å². The number of rotatable bonds is 4. The number of hydrogen-bond acceptors (Lipinski definition) is 3. The summed E-state index contributed by atoms with van der Waals surface area (Å²) in [5.41, 5.74) is 4.24. The Labute approximate surface area is 116 Å². The van der Waals surface area contributed by atoms with Gasteiger partial charge in [-0.2, -0.15) is 5.10 Å². The fraction of sp³-hybridized carbons (Fsp3) is 0.769. The Morgan fingerprint density at radius 2 is 2.06 bits per heavy atom. The van der Waals surface area contributed by atoms with Crippen LogP contribution in [0.3, 0.4) is 0 Å². The van der Waals surface area contributed by atoms with Gasteiger partial charge in [0.15, 0.2) is 0 Å². The van der Waals surface area contributed by atoms with Gasteiger partial charge in [-0.25, -0.2) is 0 Å². The maximum atomic E-state index is 5.83. The van der Waals surface area contributed by atoms with Crippen molar-refractivity contribution >= 4 is 15.9 Å². The van der Waals surface area contributed by atoms with Crippen molar-refractivity contribution in [1.82, 2.24) is 15.2 Å². The van der Waals surface area contributed by atoms with Crippen LogP contribution in [-0.2, 0) is 0 Å². The number of nitrogens with zero attached hydrogens (tertiary/aromatic N) is 2. The van der Waals surface area contributed by atoms with E-state index in [0.717, 1.165) is 16.3 Å². The normalized spacial score (nSPS) is 31.7. The fourth-order valence-corrected chi connectivity index (χ4v) is 4.05. The standard InChI is InChI=1S/C13H21BrN4/c1-7(2)18-13(11(14)6-16-18)12(17-15)10-4-8-3-9(8)5-10/h6-10,12,17H,3-5,15H2,1-2H3. The number of halogens is 1. The quantitative estimate of drug-likeness (QED) is 0.664. The second-order valence-corrected chi connectivity index (χ2v) is 6.90. The maximum absolute atomic E-state index is 5.83. The molecule has 4 nitrogen and oxygen atoms in total. The lowest BCUT2D eigenvalue weighted by molar-refractivity contribution is 0.319. The lowest BCUT2D eigenvalue weighted by atomic mass is 9.92. The number of aromatic nitrogens is 2. The van der Waals surface area contributed by atoms with E-state index in [-0.39, 0.29) is 6.04 Å². The van der Waals surface area contributed by atoms with E-state index in [9.17, 15) is 0 Å². The van der Waals surface area contributed by atoms with Crippen molar-refractivity contribution in [2.45, 2.75) is 45.2 Å². The maximum Gasteiger partial charge on any atom is 0.0715 e. The molecule has 1 aromatic heterocycles. The molecule has 0 aliphatic heterocycles. The smallest absolute Gasteiger partial charge is 0.0715 e. The first kappa shape index (κ1) is 12.6. The Kier molecular flexibility index (Phi) is 3.24. The summed E-state index contributed by atoms with van der Waals surface area (Å²) in [6, 6.07) is 0.579. The van der Waals surface area contributed by atoms with E-state index in [1.165, 1.54) is 25.0 Å². The monoisotopic (exact) mass is 312 g/mol. The van der Waals surface area contributed by atoms with Crippen molar-refractivity contribution in [3.8, 4) is 0 Å². The third kappa shape index (κ3) is 2.02. The first-order valence-electron chi connectivity index (χ1n) is 6.80. The van der Waals surface area contributed by atoms with Crippen LogP contribution in [0.25, 0.3) is 0 Å². The van der Waals surface area contributed by atoms with Crippen molar-refractivity contribution in [1.29, 1.82) is 0 Å². The molecule has 18 heavy (non-hydrogen) atoms. The van der Waals surface area contributed by atoms with Gasteiger partial charge in [0, 0.05) is 6.04 Å². The molecule has 0 bridgehead atoms. The molecule has 0 amide bonds. The Hall–Kier alpha value is -0.390. The first-order valence-corrected chi connectivity index (χ1v) is 7.60. The zero-order chi connectivity index (χ0) is 12.9. The van der Waals surface area contributed by atoms with Crippen LogP contribution in [0.1, 0.15) is 50.9 Å². The molecule has 0 spiro atoms. The van der Waals surface area contributed by atoms with Crippen LogP contribution in [0.2, 0.25) is 0 Å². The van der Waals surface area contributed by atoms with E-state index >= 15 is 0 Å². The zero-order valence-corrected chi connectivity index (χ0v) is 12.5. The lowest BCUT2D eigenvalue weighted by Gasteiger charge is -2.26. The minimum Gasteiger partial charge on any atom is -0.271 e. The van der Waals surface area contributed by atoms with E-state index < -0.39 is 0 Å². The lowest BCUT2D eigenvalue weighted by Crippen LogP contribution is -2.35. The Morgan fingerprint density at radius 1 is 1.39 bits per heavy atom. The van der Waals surface area contributed by atoms with Gasteiger partial charge in [-0.1, -0.05) is 0 Å². The van der Waals surface area contributed by atoms with Crippen LogP contribution < -0.4 is 11.3 Å². The van der Waals surface area contributed by atoms with E-state index in [1.807, 2.05) is 6.20 Å². The van der Waals surface area contributed by atoms with Crippen LogP contribution in [-0.4, -0.2) is 9.78 Å². The molecule has 3 rings (SSSR count). The molecule has 0 aromatic carbocycles. The minimum absolute atomic E-state index is 0.220. The Morgan fingerprint density at radius 3 is 2.61 bits per heavy atom. The molecule has 100 valence electrons. The zero-order valence-electron chi connectivity index (χ0n) is 10.9. The number of nitrogens with one attached hydrogen (secondary N) is 1. The molecule has 2 aliphatic rings. The molecule has 3 unspecified atom stereocenters. The average molecular weight is 313 g/mol. The minimum atomic E-state index is 0.220. The second kappa shape index (κ2) is 4.62. The molecule has 1 heterocycles. The Bertz CT molecular complexity index is 432. The molecule has 0 radical (unpaired) electrons. The SMILES string of the molecule is CC(C)n1ncc(Br)c1C(NN)C1CC2CC2C1. The number of nitrogens with two attached hydrogens (primary N) is 1. The summed E-state index contributed by atoms with van der Waals surface area (Å²) in [5, 5.41) is 4.46. The van der Waals surface area contributed by atoms with Gasteiger partial charge in [-0.3, -0.25) is 16.0 Å². The Balaban J connectivity index is 1.88. The highest BCUT2D eigenvalue weighted by molar-refractivity contribution is 9.10. The van der Waals surface area contributed by atoms with Gasteiger partial charge >= 0.3 is 0 Å². The molecule has 2 aliphatic carbocycles. The summed E-state index contributed by atoms with van der Waals surface area (Å²) in [6.45, 7) is 4.31. The molecular formula is C13H21BrN4. The van der Waals surface area contributed by atoms with Gasteiger partial charge in [-0.15, -0.1) is 0 Å². The van der Waals surface area contributed by atoms with Crippen molar-refractivity contribution in [2.24, 2.45) is 23.6 Å². The fourth-order valence-electron chi connectivity index (χ4n) is 3.53. The number of fused-ring (bicyclic) bond motifs is 1. The largest absolute Gasteiger partial charge is 0.271 e. The van der Waals surface area contributed by atoms with Crippen molar-refractivity contribution in [2.75, 3.05) is 0 Å². The third-order valence-corrected chi connectivity index (χ3v) is 5.11. The predicted molar refractivity (Wildman–Crippen MR) is 74.7 cm³/mol. The summed E-state index contributed by atoms with van der Waals surface area (Å²) in [5.74, 6) is 8.43. The van der Waals surface area contributed by atoms with Crippen molar-refractivity contribution in [3.05, 3.63) is 16.4 Å². The molecule has 0 saturated heterocycles. The number of hydrazine groups is 1. The average Bonchev–Trinajstić information content (AvgIpc) is 2.76. The van der Waals surface area contributed by atoms with Gasteiger partial charge in [0.05, 0.1) is 22.4 Å². The highest BCUT2D eigenvalue weighted by atomic mass is 79.9. The molecule has 1 aromatic rings.